The van der Waals surface area contributed by atoms with Crippen molar-refractivity contribution in [1.82, 2.24) is 10.2 Å². The van der Waals surface area contributed by atoms with Gasteiger partial charge in [0.25, 0.3) is 0 Å². The molecule has 0 radical (unpaired) electrons. The first-order chi connectivity index (χ1) is 20.0. The number of nitrogens with zero attached hydrogens (tertiary/aromatic N) is 2. The molecule has 0 bridgehead atoms. The molecule has 2 amide bonds. The fourth-order valence-electron chi connectivity index (χ4n) is 4.52. The summed E-state index contributed by atoms with van der Waals surface area (Å²) < 4.78 is 45.3. The zero-order valence-electron chi connectivity index (χ0n) is 24.1. The van der Waals surface area contributed by atoms with Crippen molar-refractivity contribution < 1.29 is 27.1 Å². The number of ether oxygens (including phenoxy) is 1. The van der Waals surface area contributed by atoms with E-state index in [0.717, 1.165) is 18.2 Å². The van der Waals surface area contributed by atoms with E-state index >= 15 is 0 Å². The summed E-state index contributed by atoms with van der Waals surface area (Å²) in [5.41, 5.74) is 1.89. The lowest BCUT2D eigenvalue weighted by molar-refractivity contribution is -0.141. The summed E-state index contributed by atoms with van der Waals surface area (Å²) in [6, 6.07) is 19.0. The highest BCUT2D eigenvalue weighted by atomic mass is 35.5. The molecular formula is C31H37ClFN3O5S. The molecule has 0 aliphatic heterocycles. The summed E-state index contributed by atoms with van der Waals surface area (Å²) in [5, 5.41) is 3.17. The van der Waals surface area contributed by atoms with Crippen LogP contribution in [0.3, 0.4) is 0 Å². The van der Waals surface area contributed by atoms with Gasteiger partial charge in [0.2, 0.25) is 21.8 Å². The Morgan fingerprint density at radius 1 is 1.02 bits per heavy atom. The zero-order chi connectivity index (χ0) is 30.7. The van der Waals surface area contributed by atoms with E-state index in [1.807, 2.05) is 37.3 Å². The van der Waals surface area contributed by atoms with Gasteiger partial charge in [-0.3, -0.25) is 13.9 Å². The van der Waals surface area contributed by atoms with Gasteiger partial charge < -0.3 is 15.0 Å². The number of hydrogen-bond donors (Lipinski definition) is 1. The highest BCUT2D eigenvalue weighted by Gasteiger charge is 2.30. The monoisotopic (exact) mass is 617 g/mol. The number of sulfonamides is 1. The molecule has 0 aliphatic carbocycles. The number of rotatable bonds is 15. The Bertz CT molecular complexity index is 1440. The van der Waals surface area contributed by atoms with Crippen LogP contribution in [0.15, 0.2) is 72.8 Å². The van der Waals surface area contributed by atoms with Crippen LogP contribution in [-0.2, 0) is 32.6 Å². The molecule has 0 aliphatic rings. The Morgan fingerprint density at radius 2 is 1.71 bits per heavy atom. The van der Waals surface area contributed by atoms with Crippen LogP contribution < -0.4 is 14.4 Å². The molecule has 1 unspecified atom stereocenters. The number of halogens is 2. The van der Waals surface area contributed by atoms with Crippen LogP contribution in [0.1, 0.15) is 37.3 Å². The van der Waals surface area contributed by atoms with Gasteiger partial charge in [0.1, 0.15) is 17.6 Å². The number of amides is 2. The molecule has 0 saturated heterocycles. The van der Waals surface area contributed by atoms with Crippen molar-refractivity contribution in [2.45, 2.75) is 45.2 Å². The van der Waals surface area contributed by atoms with Crippen LogP contribution in [0.4, 0.5) is 10.1 Å². The van der Waals surface area contributed by atoms with Crippen LogP contribution in [0.25, 0.3) is 0 Å². The van der Waals surface area contributed by atoms with Crippen LogP contribution in [-0.4, -0.2) is 57.6 Å². The molecule has 3 aromatic rings. The van der Waals surface area contributed by atoms with Crippen LogP contribution in [0.5, 0.6) is 5.75 Å². The molecule has 0 aromatic heterocycles. The Kier molecular flexibility index (Phi) is 12.2. The normalized spacial score (nSPS) is 11.9. The summed E-state index contributed by atoms with van der Waals surface area (Å²) in [5.74, 6) is -0.612. The van der Waals surface area contributed by atoms with Gasteiger partial charge in [-0.2, -0.15) is 0 Å². The molecule has 0 heterocycles. The molecule has 42 heavy (non-hydrogen) atoms. The second kappa shape index (κ2) is 15.6. The highest BCUT2D eigenvalue weighted by molar-refractivity contribution is 7.92. The third-order valence-electron chi connectivity index (χ3n) is 6.66. The van der Waals surface area contributed by atoms with E-state index in [0.29, 0.717) is 23.5 Å². The first-order valence-corrected chi connectivity index (χ1v) is 15.9. The van der Waals surface area contributed by atoms with Gasteiger partial charge in [-0.15, -0.1) is 0 Å². The smallest absolute Gasteiger partial charge is 0.243 e. The molecule has 8 nitrogen and oxygen atoms in total. The Balaban J connectivity index is 1.87. The van der Waals surface area contributed by atoms with Gasteiger partial charge in [0.15, 0.2) is 0 Å². The quantitative estimate of drug-likeness (QED) is 0.253. The molecule has 0 saturated carbocycles. The minimum atomic E-state index is -3.70. The van der Waals surface area contributed by atoms with Gasteiger partial charge in [0.05, 0.1) is 24.1 Å². The molecule has 226 valence electrons. The number of carbonyl (C=O) groups is 2. The molecule has 3 aromatic carbocycles. The maximum Gasteiger partial charge on any atom is 0.243 e. The van der Waals surface area contributed by atoms with Crippen molar-refractivity contribution in [3.63, 3.8) is 0 Å². The average Bonchev–Trinajstić information content (AvgIpc) is 2.96. The Morgan fingerprint density at radius 3 is 2.31 bits per heavy atom. The third kappa shape index (κ3) is 9.46. The minimum absolute atomic E-state index is 0.0169. The van der Waals surface area contributed by atoms with Crippen LogP contribution in [0, 0.1) is 5.82 Å². The topological polar surface area (TPSA) is 96.0 Å². The first kappa shape index (κ1) is 32.9. The van der Waals surface area contributed by atoms with Gasteiger partial charge >= 0.3 is 0 Å². The van der Waals surface area contributed by atoms with E-state index < -0.39 is 21.9 Å². The first-order valence-electron chi connectivity index (χ1n) is 13.7. The minimum Gasteiger partial charge on any atom is -0.495 e. The van der Waals surface area contributed by atoms with Crippen LogP contribution >= 0.6 is 11.6 Å². The molecule has 0 fully saturated rings. The van der Waals surface area contributed by atoms with E-state index in [4.69, 9.17) is 16.3 Å². The van der Waals surface area contributed by atoms with Crippen molar-refractivity contribution in [1.29, 1.82) is 0 Å². The molecular weight excluding hydrogens is 581 g/mol. The van der Waals surface area contributed by atoms with E-state index in [-0.39, 0.29) is 49.2 Å². The summed E-state index contributed by atoms with van der Waals surface area (Å²) >= 11 is 6.24. The SMILES string of the molecule is CCCNC(=O)C(Cc1ccccc1)N(Cc1ccc(F)cc1)C(=O)CCCN(c1ccc(OC)c(Cl)c1)S(C)(=O)=O. The summed E-state index contributed by atoms with van der Waals surface area (Å²) in [7, 11) is -2.23. The lowest BCUT2D eigenvalue weighted by Crippen LogP contribution is -2.50. The van der Waals surface area contributed by atoms with Crippen LogP contribution in [0.2, 0.25) is 5.02 Å². The molecule has 1 atom stereocenters. The molecule has 3 rings (SSSR count). The van der Waals surface area contributed by atoms with Crippen molar-refractivity contribution >= 4 is 39.1 Å². The predicted molar refractivity (Wildman–Crippen MR) is 164 cm³/mol. The largest absolute Gasteiger partial charge is 0.495 e. The maximum absolute atomic E-state index is 13.8. The lowest BCUT2D eigenvalue weighted by Gasteiger charge is -2.32. The lowest BCUT2D eigenvalue weighted by atomic mass is 10.0. The summed E-state index contributed by atoms with van der Waals surface area (Å²) in [6.45, 7) is 2.50. The van der Waals surface area contributed by atoms with Gasteiger partial charge in [0, 0.05) is 32.5 Å². The zero-order valence-corrected chi connectivity index (χ0v) is 25.6. The third-order valence-corrected chi connectivity index (χ3v) is 8.15. The number of anilines is 1. The fourth-order valence-corrected chi connectivity index (χ4v) is 5.73. The molecule has 1 N–H and O–H groups in total. The number of methoxy groups -OCH3 is 1. The van der Waals surface area contributed by atoms with Gasteiger partial charge in [-0.25, -0.2) is 12.8 Å². The summed E-state index contributed by atoms with van der Waals surface area (Å²) in [6.07, 6.45) is 2.25. The van der Waals surface area contributed by atoms with Crippen molar-refractivity contribution in [2.24, 2.45) is 0 Å². The number of nitrogens with one attached hydrogen (secondary N) is 1. The van der Waals surface area contributed by atoms with Gasteiger partial charge in [-0.05, 0) is 54.3 Å². The number of benzene rings is 3. The Labute approximate surface area is 252 Å². The summed E-state index contributed by atoms with van der Waals surface area (Å²) in [4.78, 5) is 28.7. The van der Waals surface area contributed by atoms with E-state index in [2.05, 4.69) is 5.32 Å². The number of carbonyl (C=O) groups excluding carboxylic acids is 2. The highest BCUT2D eigenvalue weighted by Crippen LogP contribution is 2.30. The average molecular weight is 618 g/mol. The number of hydrogen-bond acceptors (Lipinski definition) is 5. The van der Waals surface area contributed by atoms with Crippen molar-refractivity contribution in [2.75, 3.05) is 30.8 Å². The van der Waals surface area contributed by atoms with Crippen molar-refractivity contribution in [3.8, 4) is 5.75 Å². The van der Waals surface area contributed by atoms with Gasteiger partial charge in [-0.1, -0.05) is 61.0 Å². The second-order valence-electron chi connectivity index (χ2n) is 9.90. The van der Waals surface area contributed by atoms with E-state index in [1.54, 1.807) is 24.3 Å². The molecule has 0 spiro atoms. The second-order valence-corrected chi connectivity index (χ2v) is 12.2. The Hall–Kier alpha value is -3.63. The van der Waals surface area contributed by atoms with Crippen molar-refractivity contribution in [3.05, 3.63) is 94.8 Å². The van der Waals surface area contributed by atoms with E-state index in [9.17, 15) is 22.4 Å². The fraction of sp³-hybridized carbons (Fsp3) is 0.355. The van der Waals surface area contributed by atoms with E-state index in [1.165, 1.54) is 34.5 Å². The molecule has 11 heteroatoms. The predicted octanol–water partition coefficient (Wildman–Crippen LogP) is 5.20. The standard InChI is InChI=1S/C31H37ClFN3O5S/c1-4-18-34-31(38)28(20-23-9-6-5-7-10-23)35(22-24-12-14-25(33)15-13-24)30(37)11-8-19-36(42(3,39)40)26-16-17-29(41-2)27(32)21-26/h5-7,9-10,12-17,21,28H,4,8,11,18-20,22H2,1-3H3,(H,34,38). The maximum atomic E-state index is 13.8.